The highest BCUT2D eigenvalue weighted by Crippen LogP contribution is 2.46. The van der Waals surface area contributed by atoms with Gasteiger partial charge < -0.3 is 15.2 Å². The van der Waals surface area contributed by atoms with Crippen LogP contribution in [0.5, 0.6) is 5.75 Å². The maximum absolute atomic E-state index is 13.2. The molecule has 31 heavy (non-hydrogen) atoms. The number of rotatable bonds is 4. The maximum atomic E-state index is 13.2. The molecule has 5 heteroatoms. The number of carbonyl (C=O) groups excluding carboxylic acids is 2. The number of phenols is 1. The Hall–Kier alpha value is -3.34. The average molecular weight is 418 g/mol. The number of hydrogen-bond donors (Lipinski definition) is 2. The molecule has 0 amide bonds. The molecule has 2 N–H and O–H groups in total. The molecule has 2 aromatic rings. The van der Waals surface area contributed by atoms with Gasteiger partial charge in [-0.05, 0) is 42.0 Å². The minimum Gasteiger partial charge on any atom is -0.508 e. The Labute approximate surface area is 182 Å². The van der Waals surface area contributed by atoms with Crippen molar-refractivity contribution in [2.45, 2.75) is 46.1 Å². The van der Waals surface area contributed by atoms with Crippen LogP contribution >= 0.6 is 0 Å². The molecule has 1 aliphatic carbocycles. The average Bonchev–Trinajstić information content (AvgIpc) is 2.71. The molecule has 160 valence electrons. The molecule has 4 rings (SSSR count). The number of allylic oxidation sites excluding steroid dienone is 3. The summed E-state index contributed by atoms with van der Waals surface area (Å²) in [6.07, 6.45) is 1.15. The standard InChI is InChI=1S/C26H27NO4/c1-16-22(25(30)31-15-17-7-5-4-6-8-17)23(18-9-11-19(28)12-10-18)24-20(27-16)13-26(2,3)14-21(24)29/h4-12,23,27-28H,13-15H2,1-3H3/t23-/m1/s1. The number of aromatic hydroxyl groups is 1. The zero-order valence-electron chi connectivity index (χ0n) is 18.1. The molecule has 2 aliphatic rings. The van der Waals surface area contributed by atoms with Crippen LogP contribution in [0.25, 0.3) is 0 Å². The van der Waals surface area contributed by atoms with Gasteiger partial charge in [0.15, 0.2) is 5.78 Å². The summed E-state index contributed by atoms with van der Waals surface area (Å²) in [7, 11) is 0. The normalized spacial score (nSPS) is 20.2. The SMILES string of the molecule is CC1=C(C(=O)OCc2ccccc2)[C@@H](c2ccc(O)cc2)C2=C(CC(C)(C)CC2=O)N1. The zero-order valence-corrected chi connectivity index (χ0v) is 18.1. The second-order valence-electron chi connectivity index (χ2n) is 9.08. The van der Waals surface area contributed by atoms with Gasteiger partial charge in [0, 0.05) is 29.3 Å². The van der Waals surface area contributed by atoms with E-state index in [1.165, 1.54) is 0 Å². The van der Waals surface area contributed by atoms with Gasteiger partial charge in [0.25, 0.3) is 0 Å². The van der Waals surface area contributed by atoms with Gasteiger partial charge in [-0.2, -0.15) is 0 Å². The van der Waals surface area contributed by atoms with E-state index in [4.69, 9.17) is 4.74 Å². The molecule has 0 fully saturated rings. The van der Waals surface area contributed by atoms with E-state index in [2.05, 4.69) is 19.2 Å². The van der Waals surface area contributed by atoms with Crippen LogP contribution in [0.2, 0.25) is 0 Å². The summed E-state index contributed by atoms with van der Waals surface area (Å²) >= 11 is 0. The van der Waals surface area contributed by atoms with E-state index in [1.807, 2.05) is 37.3 Å². The topological polar surface area (TPSA) is 75.6 Å². The quantitative estimate of drug-likeness (QED) is 0.703. The lowest BCUT2D eigenvalue weighted by atomic mass is 9.68. The van der Waals surface area contributed by atoms with Gasteiger partial charge in [-0.15, -0.1) is 0 Å². The van der Waals surface area contributed by atoms with E-state index in [9.17, 15) is 14.7 Å². The van der Waals surface area contributed by atoms with Crippen LogP contribution in [0, 0.1) is 5.41 Å². The minimum absolute atomic E-state index is 0.0395. The predicted molar refractivity (Wildman–Crippen MR) is 118 cm³/mol. The van der Waals surface area contributed by atoms with Crippen LogP contribution in [0.4, 0.5) is 0 Å². The molecule has 1 aliphatic heterocycles. The van der Waals surface area contributed by atoms with Gasteiger partial charge in [-0.3, -0.25) is 4.79 Å². The lowest BCUT2D eigenvalue weighted by Crippen LogP contribution is -2.38. The predicted octanol–water partition coefficient (Wildman–Crippen LogP) is 4.74. The lowest BCUT2D eigenvalue weighted by molar-refractivity contribution is -0.140. The number of Topliss-reactive ketones (excluding diaryl/α,β-unsaturated/α-hetero) is 1. The Morgan fingerprint density at radius 2 is 1.77 bits per heavy atom. The van der Waals surface area contributed by atoms with Crippen LogP contribution in [0.15, 0.2) is 77.1 Å². The van der Waals surface area contributed by atoms with E-state index in [0.717, 1.165) is 23.2 Å². The van der Waals surface area contributed by atoms with Crippen LogP contribution in [0.3, 0.4) is 0 Å². The fourth-order valence-electron chi connectivity index (χ4n) is 4.51. The number of dihydropyridines is 1. The third kappa shape index (κ3) is 4.26. The number of carbonyl (C=O) groups is 2. The number of esters is 1. The van der Waals surface area contributed by atoms with Crippen molar-refractivity contribution in [2.75, 3.05) is 0 Å². The highest BCUT2D eigenvalue weighted by Gasteiger charge is 2.43. The van der Waals surface area contributed by atoms with E-state index in [-0.39, 0.29) is 23.6 Å². The number of ketones is 1. The van der Waals surface area contributed by atoms with Crippen LogP contribution in [-0.4, -0.2) is 16.9 Å². The molecule has 2 aromatic carbocycles. The molecule has 0 unspecified atom stereocenters. The van der Waals surface area contributed by atoms with Crippen molar-refractivity contribution in [3.63, 3.8) is 0 Å². The second kappa shape index (κ2) is 8.06. The molecule has 5 nitrogen and oxygen atoms in total. The van der Waals surface area contributed by atoms with Gasteiger partial charge in [0.05, 0.1) is 5.57 Å². The monoisotopic (exact) mass is 417 g/mol. The highest BCUT2D eigenvalue weighted by atomic mass is 16.5. The van der Waals surface area contributed by atoms with E-state index >= 15 is 0 Å². The summed E-state index contributed by atoms with van der Waals surface area (Å²) in [6, 6.07) is 16.2. The Bertz CT molecular complexity index is 1080. The van der Waals surface area contributed by atoms with Crippen LogP contribution in [-0.2, 0) is 20.9 Å². The first-order valence-corrected chi connectivity index (χ1v) is 10.5. The van der Waals surface area contributed by atoms with Gasteiger partial charge in [-0.25, -0.2) is 4.79 Å². The maximum Gasteiger partial charge on any atom is 0.337 e. The Balaban J connectivity index is 1.73. The highest BCUT2D eigenvalue weighted by molar-refractivity contribution is 6.04. The van der Waals surface area contributed by atoms with Gasteiger partial charge in [0.1, 0.15) is 12.4 Å². The molecule has 0 aromatic heterocycles. The van der Waals surface area contributed by atoms with E-state index < -0.39 is 11.9 Å². The number of nitrogens with one attached hydrogen (secondary N) is 1. The van der Waals surface area contributed by atoms with Crippen molar-refractivity contribution >= 4 is 11.8 Å². The smallest absolute Gasteiger partial charge is 0.337 e. The van der Waals surface area contributed by atoms with Crippen molar-refractivity contribution in [2.24, 2.45) is 5.41 Å². The Morgan fingerprint density at radius 3 is 2.45 bits per heavy atom. The third-order valence-electron chi connectivity index (χ3n) is 5.90. The molecule has 0 radical (unpaired) electrons. The van der Waals surface area contributed by atoms with E-state index in [1.54, 1.807) is 24.3 Å². The number of ether oxygens (including phenoxy) is 1. The van der Waals surface area contributed by atoms with Gasteiger partial charge in [-0.1, -0.05) is 56.3 Å². The lowest BCUT2D eigenvalue weighted by Gasteiger charge is -2.39. The number of hydrogen-bond acceptors (Lipinski definition) is 5. The molecule has 0 spiro atoms. The van der Waals surface area contributed by atoms with Gasteiger partial charge >= 0.3 is 5.97 Å². The fraction of sp³-hybridized carbons (Fsp3) is 0.308. The molecule has 0 saturated heterocycles. The molecule has 0 bridgehead atoms. The first-order chi connectivity index (χ1) is 14.7. The van der Waals surface area contributed by atoms with Crippen molar-refractivity contribution in [3.05, 3.63) is 88.3 Å². The Morgan fingerprint density at radius 1 is 1.10 bits per heavy atom. The number of phenolic OH excluding ortho intramolecular Hbond substituents is 1. The summed E-state index contributed by atoms with van der Waals surface area (Å²) < 4.78 is 5.65. The number of benzene rings is 2. The first kappa shape index (κ1) is 20.9. The Kier molecular flexibility index (Phi) is 5.44. The van der Waals surface area contributed by atoms with Crippen LogP contribution < -0.4 is 5.32 Å². The van der Waals surface area contributed by atoms with Gasteiger partial charge in [0.2, 0.25) is 0 Å². The molecule has 0 saturated carbocycles. The molecule has 1 atom stereocenters. The summed E-state index contributed by atoms with van der Waals surface area (Å²) in [5.74, 6) is -0.797. The summed E-state index contributed by atoms with van der Waals surface area (Å²) in [6.45, 7) is 6.16. The van der Waals surface area contributed by atoms with Crippen LogP contribution in [0.1, 0.15) is 50.7 Å². The largest absolute Gasteiger partial charge is 0.508 e. The van der Waals surface area contributed by atoms with Crippen molar-refractivity contribution in [3.8, 4) is 5.75 Å². The summed E-state index contributed by atoms with van der Waals surface area (Å²) in [5, 5.41) is 13.1. The third-order valence-corrected chi connectivity index (χ3v) is 5.90. The van der Waals surface area contributed by atoms with Crippen molar-refractivity contribution < 1.29 is 19.4 Å². The molecular formula is C26H27NO4. The second-order valence-corrected chi connectivity index (χ2v) is 9.08. The first-order valence-electron chi connectivity index (χ1n) is 10.5. The summed E-state index contributed by atoms with van der Waals surface area (Å²) in [5.41, 5.74) is 4.17. The molecular weight excluding hydrogens is 390 g/mol. The van der Waals surface area contributed by atoms with Crippen molar-refractivity contribution in [1.29, 1.82) is 0 Å². The van der Waals surface area contributed by atoms with E-state index in [0.29, 0.717) is 23.3 Å². The van der Waals surface area contributed by atoms with Crippen molar-refractivity contribution in [1.82, 2.24) is 5.32 Å². The zero-order chi connectivity index (χ0) is 22.2. The fourth-order valence-corrected chi connectivity index (χ4v) is 4.51. The summed E-state index contributed by atoms with van der Waals surface area (Å²) in [4.78, 5) is 26.5. The molecule has 1 heterocycles. The minimum atomic E-state index is -0.524.